The van der Waals surface area contributed by atoms with Gasteiger partial charge in [0.25, 0.3) is 0 Å². The Labute approximate surface area is 122 Å². The van der Waals surface area contributed by atoms with E-state index in [2.05, 4.69) is 11.4 Å². The van der Waals surface area contributed by atoms with Crippen molar-refractivity contribution >= 4 is 5.91 Å². The smallest absolute Gasteiger partial charge is 0.240 e. The van der Waals surface area contributed by atoms with E-state index < -0.39 is 5.41 Å². The molecule has 0 saturated heterocycles. The Bertz CT molecular complexity index is 442. The summed E-state index contributed by atoms with van der Waals surface area (Å²) in [6, 6.07) is 12.3. The van der Waals surface area contributed by atoms with Crippen molar-refractivity contribution in [3.05, 3.63) is 35.9 Å². The Morgan fingerprint density at radius 2 is 1.80 bits per heavy atom. The first-order chi connectivity index (χ1) is 9.68. The van der Waals surface area contributed by atoms with Gasteiger partial charge in [-0.2, -0.15) is 5.26 Å². The minimum Gasteiger partial charge on any atom is -0.354 e. The van der Waals surface area contributed by atoms with Crippen molar-refractivity contribution in [3.8, 4) is 6.07 Å². The Kier molecular flexibility index (Phi) is 6.79. The van der Waals surface area contributed by atoms with Crippen LogP contribution in [0.2, 0.25) is 0 Å². The molecule has 0 aliphatic rings. The van der Waals surface area contributed by atoms with E-state index in [1.165, 1.54) is 5.56 Å². The van der Waals surface area contributed by atoms with Gasteiger partial charge in [0.1, 0.15) is 5.41 Å². The summed E-state index contributed by atoms with van der Waals surface area (Å²) < 4.78 is 0. The fourth-order valence-electron chi connectivity index (χ4n) is 2.50. The fourth-order valence-corrected chi connectivity index (χ4v) is 2.50. The monoisotopic (exact) mass is 272 g/mol. The maximum absolute atomic E-state index is 12.3. The normalized spacial score (nSPS) is 10.8. The number of hydrogen-bond acceptors (Lipinski definition) is 2. The van der Waals surface area contributed by atoms with Crippen LogP contribution in [0.1, 0.15) is 45.1 Å². The van der Waals surface area contributed by atoms with E-state index in [0.29, 0.717) is 19.4 Å². The first-order valence-corrected chi connectivity index (χ1v) is 7.42. The molecule has 0 aliphatic carbocycles. The third kappa shape index (κ3) is 4.38. The molecule has 0 atom stereocenters. The van der Waals surface area contributed by atoms with Gasteiger partial charge in [-0.25, -0.2) is 0 Å². The third-order valence-corrected chi connectivity index (χ3v) is 3.54. The van der Waals surface area contributed by atoms with Crippen molar-refractivity contribution in [2.24, 2.45) is 5.41 Å². The van der Waals surface area contributed by atoms with Crippen LogP contribution in [0.5, 0.6) is 0 Å². The molecule has 20 heavy (non-hydrogen) atoms. The molecule has 1 aromatic rings. The SMILES string of the molecule is CCCC(C#N)(CCC)C(=O)NCCc1ccccc1. The van der Waals surface area contributed by atoms with Gasteiger partial charge in [-0.1, -0.05) is 57.0 Å². The highest BCUT2D eigenvalue weighted by atomic mass is 16.2. The molecule has 108 valence electrons. The lowest BCUT2D eigenvalue weighted by atomic mass is 9.80. The maximum Gasteiger partial charge on any atom is 0.240 e. The van der Waals surface area contributed by atoms with E-state index in [4.69, 9.17) is 0 Å². The summed E-state index contributed by atoms with van der Waals surface area (Å²) >= 11 is 0. The standard InChI is InChI=1S/C17H24N2O/c1-3-11-17(14-18,12-4-2)16(20)19-13-10-15-8-6-5-7-9-15/h5-9H,3-4,10-13H2,1-2H3,(H,19,20). The second kappa shape index (κ2) is 8.37. The van der Waals surface area contributed by atoms with Gasteiger partial charge < -0.3 is 5.32 Å². The molecule has 0 aromatic heterocycles. The number of nitriles is 1. The fraction of sp³-hybridized carbons (Fsp3) is 0.529. The molecule has 3 nitrogen and oxygen atoms in total. The van der Waals surface area contributed by atoms with Crippen LogP contribution >= 0.6 is 0 Å². The topological polar surface area (TPSA) is 52.9 Å². The van der Waals surface area contributed by atoms with E-state index >= 15 is 0 Å². The van der Waals surface area contributed by atoms with Gasteiger partial charge in [-0.15, -0.1) is 0 Å². The molecule has 0 aliphatic heterocycles. The Morgan fingerprint density at radius 1 is 1.20 bits per heavy atom. The second-order valence-electron chi connectivity index (χ2n) is 5.19. The summed E-state index contributed by atoms with van der Waals surface area (Å²) in [6.45, 7) is 4.61. The summed E-state index contributed by atoms with van der Waals surface area (Å²) in [6.07, 6.45) is 3.76. The molecule has 1 rings (SSSR count). The molecular formula is C17H24N2O. The zero-order valence-corrected chi connectivity index (χ0v) is 12.5. The molecule has 1 N–H and O–H groups in total. The summed E-state index contributed by atoms with van der Waals surface area (Å²) in [7, 11) is 0. The minimum atomic E-state index is -0.847. The van der Waals surface area contributed by atoms with Gasteiger partial charge in [-0.3, -0.25) is 4.79 Å². The van der Waals surface area contributed by atoms with Gasteiger partial charge in [0.05, 0.1) is 6.07 Å². The number of benzene rings is 1. The molecule has 0 spiro atoms. The Balaban J connectivity index is 2.56. The Hall–Kier alpha value is -1.82. The first-order valence-electron chi connectivity index (χ1n) is 7.42. The molecule has 1 amide bonds. The molecule has 0 bridgehead atoms. The van der Waals surface area contributed by atoms with Crippen LogP contribution in [0, 0.1) is 16.7 Å². The van der Waals surface area contributed by atoms with Crippen molar-refractivity contribution < 1.29 is 4.79 Å². The quantitative estimate of drug-likeness (QED) is 0.788. The highest BCUT2D eigenvalue weighted by Crippen LogP contribution is 2.29. The van der Waals surface area contributed by atoms with Crippen LogP contribution in [0.15, 0.2) is 30.3 Å². The average Bonchev–Trinajstić information content (AvgIpc) is 2.48. The largest absolute Gasteiger partial charge is 0.354 e. The van der Waals surface area contributed by atoms with Crippen molar-refractivity contribution in [2.75, 3.05) is 6.54 Å². The first kappa shape index (κ1) is 16.2. The van der Waals surface area contributed by atoms with Gasteiger partial charge >= 0.3 is 0 Å². The van der Waals surface area contributed by atoms with Crippen molar-refractivity contribution in [2.45, 2.75) is 46.0 Å². The van der Waals surface area contributed by atoms with Gasteiger partial charge in [-0.05, 0) is 24.8 Å². The van der Waals surface area contributed by atoms with Gasteiger partial charge in [0, 0.05) is 6.54 Å². The zero-order chi connectivity index (χ0) is 14.8. The summed E-state index contributed by atoms with van der Waals surface area (Å²) in [4.78, 5) is 12.3. The molecule has 0 unspecified atom stereocenters. The number of hydrogen-bond donors (Lipinski definition) is 1. The number of carbonyl (C=O) groups is 1. The maximum atomic E-state index is 12.3. The zero-order valence-electron chi connectivity index (χ0n) is 12.5. The average molecular weight is 272 g/mol. The second-order valence-corrected chi connectivity index (χ2v) is 5.19. The van der Waals surface area contributed by atoms with Crippen molar-refractivity contribution in [3.63, 3.8) is 0 Å². The molecule has 0 radical (unpaired) electrons. The molecule has 0 saturated carbocycles. The summed E-state index contributed by atoms with van der Waals surface area (Å²) in [5.41, 5.74) is 0.349. The van der Waals surface area contributed by atoms with Crippen molar-refractivity contribution in [1.82, 2.24) is 5.32 Å². The van der Waals surface area contributed by atoms with Crippen LogP contribution in [0.3, 0.4) is 0 Å². The third-order valence-electron chi connectivity index (χ3n) is 3.54. The number of nitrogens with zero attached hydrogens (tertiary/aromatic N) is 1. The van der Waals surface area contributed by atoms with Crippen LogP contribution in [0.25, 0.3) is 0 Å². The number of nitrogens with one attached hydrogen (secondary N) is 1. The molecule has 0 heterocycles. The number of amides is 1. The predicted molar refractivity (Wildman–Crippen MR) is 81.0 cm³/mol. The van der Waals surface area contributed by atoms with E-state index in [1.807, 2.05) is 44.2 Å². The van der Waals surface area contributed by atoms with Crippen LogP contribution in [-0.2, 0) is 11.2 Å². The molecular weight excluding hydrogens is 248 g/mol. The van der Waals surface area contributed by atoms with E-state index in [0.717, 1.165) is 19.3 Å². The lowest BCUT2D eigenvalue weighted by Crippen LogP contribution is -2.41. The van der Waals surface area contributed by atoms with E-state index in [-0.39, 0.29) is 5.91 Å². The lowest BCUT2D eigenvalue weighted by Gasteiger charge is -2.24. The molecule has 0 fully saturated rings. The number of carbonyl (C=O) groups excluding carboxylic acids is 1. The molecule has 1 aromatic carbocycles. The summed E-state index contributed by atoms with van der Waals surface area (Å²) in [5.74, 6) is -0.111. The van der Waals surface area contributed by atoms with Crippen LogP contribution in [-0.4, -0.2) is 12.5 Å². The Morgan fingerprint density at radius 3 is 2.30 bits per heavy atom. The van der Waals surface area contributed by atoms with Gasteiger partial charge in [0.15, 0.2) is 0 Å². The van der Waals surface area contributed by atoms with Gasteiger partial charge in [0.2, 0.25) is 5.91 Å². The van der Waals surface area contributed by atoms with Crippen LogP contribution < -0.4 is 5.32 Å². The number of rotatable bonds is 8. The van der Waals surface area contributed by atoms with Crippen LogP contribution in [0.4, 0.5) is 0 Å². The van der Waals surface area contributed by atoms with Crippen molar-refractivity contribution in [1.29, 1.82) is 5.26 Å². The minimum absolute atomic E-state index is 0.111. The van der Waals surface area contributed by atoms with E-state index in [9.17, 15) is 10.1 Å². The molecule has 3 heteroatoms. The highest BCUT2D eigenvalue weighted by molar-refractivity contribution is 5.85. The highest BCUT2D eigenvalue weighted by Gasteiger charge is 2.36. The predicted octanol–water partition coefficient (Wildman–Crippen LogP) is 3.46. The lowest BCUT2D eigenvalue weighted by molar-refractivity contribution is -0.128. The summed E-state index contributed by atoms with van der Waals surface area (Å²) in [5, 5.41) is 12.3. The van der Waals surface area contributed by atoms with E-state index in [1.54, 1.807) is 0 Å².